The predicted octanol–water partition coefficient (Wildman–Crippen LogP) is 1.56. The molecule has 0 unspecified atom stereocenters. The van der Waals surface area contributed by atoms with E-state index in [1.54, 1.807) is 24.2 Å². The highest BCUT2D eigenvalue weighted by molar-refractivity contribution is 9.09. The molecular weight excluding hydrogens is 260 g/mol. The lowest BCUT2D eigenvalue weighted by Crippen LogP contribution is -2.28. The molecule has 0 aliphatic carbocycles. The van der Waals surface area contributed by atoms with Crippen LogP contribution in [0.3, 0.4) is 0 Å². The van der Waals surface area contributed by atoms with Gasteiger partial charge in [0.25, 0.3) is 5.91 Å². The van der Waals surface area contributed by atoms with Gasteiger partial charge in [-0.1, -0.05) is 15.9 Å². The van der Waals surface area contributed by atoms with Crippen LogP contribution in [0.5, 0.6) is 5.75 Å². The van der Waals surface area contributed by atoms with Crippen molar-refractivity contribution in [3.05, 3.63) is 24.0 Å². The van der Waals surface area contributed by atoms with Crippen molar-refractivity contribution in [2.75, 3.05) is 26.0 Å². The van der Waals surface area contributed by atoms with Gasteiger partial charge < -0.3 is 9.64 Å². The molecule has 1 aromatic heterocycles. The number of alkyl halides is 1. The third kappa shape index (κ3) is 2.92. The molecule has 15 heavy (non-hydrogen) atoms. The van der Waals surface area contributed by atoms with Gasteiger partial charge in [-0.3, -0.25) is 9.78 Å². The van der Waals surface area contributed by atoms with Gasteiger partial charge in [0.1, 0.15) is 5.75 Å². The van der Waals surface area contributed by atoms with Gasteiger partial charge >= 0.3 is 0 Å². The van der Waals surface area contributed by atoms with Gasteiger partial charge in [0.05, 0.1) is 18.9 Å². The summed E-state index contributed by atoms with van der Waals surface area (Å²) in [5, 5.41) is 0.753. The molecule has 82 valence electrons. The number of halogens is 1. The third-order valence-electron chi connectivity index (χ3n) is 2.00. The summed E-state index contributed by atoms with van der Waals surface area (Å²) in [6, 6.07) is 1.66. The van der Waals surface area contributed by atoms with Gasteiger partial charge in [-0.05, 0) is 6.07 Å². The second-order valence-corrected chi connectivity index (χ2v) is 3.78. The standard InChI is InChI=1S/C10H13BrN2O2/c1-13(6-4-11)10(14)8-3-5-12-7-9(8)15-2/h3,5,7H,4,6H2,1-2H3. The van der Waals surface area contributed by atoms with Gasteiger partial charge in [-0.15, -0.1) is 0 Å². The van der Waals surface area contributed by atoms with Crippen LogP contribution in [0.1, 0.15) is 10.4 Å². The molecule has 0 atom stereocenters. The molecule has 0 bridgehead atoms. The summed E-state index contributed by atoms with van der Waals surface area (Å²) < 4.78 is 5.07. The van der Waals surface area contributed by atoms with Crippen LogP contribution >= 0.6 is 15.9 Å². The zero-order valence-corrected chi connectivity index (χ0v) is 10.3. The Hall–Kier alpha value is -1.10. The molecule has 0 aliphatic heterocycles. The number of hydrogen-bond donors (Lipinski definition) is 0. The maximum atomic E-state index is 11.9. The second kappa shape index (κ2) is 5.70. The SMILES string of the molecule is COc1cnccc1C(=O)N(C)CCBr. The summed E-state index contributed by atoms with van der Waals surface area (Å²) in [6.45, 7) is 0.657. The van der Waals surface area contributed by atoms with E-state index in [-0.39, 0.29) is 5.91 Å². The monoisotopic (exact) mass is 272 g/mol. The molecule has 0 N–H and O–H groups in total. The van der Waals surface area contributed by atoms with E-state index in [0.29, 0.717) is 17.9 Å². The van der Waals surface area contributed by atoms with Gasteiger partial charge in [-0.2, -0.15) is 0 Å². The number of hydrogen-bond acceptors (Lipinski definition) is 3. The van der Waals surface area contributed by atoms with Crippen LogP contribution in [-0.2, 0) is 0 Å². The fourth-order valence-electron chi connectivity index (χ4n) is 1.15. The molecule has 0 spiro atoms. The lowest BCUT2D eigenvalue weighted by Gasteiger charge is -2.16. The zero-order valence-electron chi connectivity index (χ0n) is 8.74. The molecule has 4 nitrogen and oxygen atoms in total. The van der Waals surface area contributed by atoms with Gasteiger partial charge in [0, 0.05) is 25.1 Å². The summed E-state index contributed by atoms with van der Waals surface area (Å²) in [6.07, 6.45) is 3.12. The Bertz CT molecular complexity index is 344. The van der Waals surface area contributed by atoms with E-state index < -0.39 is 0 Å². The van der Waals surface area contributed by atoms with Crippen molar-refractivity contribution >= 4 is 21.8 Å². The Kier molecular flexibility index (Phi) is 4.55. The molecule has 0 radical (unpaired) electrons. The largest absolute Gasteiger partial charge is 0.494 e. The lowest BCUT2D eigenvalue weighted by molar-refractivity contribution is 0.0800. The molecule has 5 heteroatoms. The number of nitrogens with zero attached hydrogens (tertiary/aromatic N) is 2. The van der Waals surface area contributed by atoms with E-state index in [0.717, 1.165) is 5.33 Å². The number of amides is 1. The smallest absolute Gasteiger partial charge is 0.257 e. The van der Waals surface area contributed by atoms with Crippen molar-refractivity contribution in [3.63, 3.8) is 0 Å². The van der Waals surface area contributed by atoms with Crippen molar-refractivity contribution < 1.29 is 9.53 Å². The van der Waals surface area contributed by atoms with Gasteiger partial charge in [-0.25, -0.2) is 0 Å². The highest BCUT2D eigenvalue weighted by Gasteiger charge is 2.15. The van der Waals surface area contributed by atoms with E-state index in [1.165, 1.54) is 13.3 Å². The van der Waals surface area contributed by atoms with E-state index in [4.69, 9.17) is 4.74 Å². The molecule has 1 heterocycles. The number of ether oxygens (including phenoxy) is 1. The molecule has 0 saturated heterocycles. The summed E-state index contributed by atoms with van der Waals surface area (Å²) in [4.78, 5) is 17.4. The second-order valence-electron chi connectivity index (χ2n) is 2.99. The first-order chi connectivity index (χ1) is 7.20. The minimum atomic E-state index is -0.0614. The van der Waals surface area contributed by atoms with Crippen molar-refractivity contribution in [3.8, 4) is 5.75 Å². The van der Waals surface area contributed by atoms with Gasteiger partial charge in [0.2, 0.25) is 0 Å². The van der Waals surface area contributed by atoms with Crippen LogP contribution < -0.4 is 4.74 Å². The fourth-order valence-corrected chi connectivity index (χ4v) is 1.69. The Morgan fingerprint density at radius 2 is 2.40 bits per heavy atom. The molecule has 0 fully saturated rings. The molecule has 0 saturated carbocycles. The van der Waals surface area contributed by atoms with Crippen LogP contribution in [0.15, 0.2) is 18.5 Å². The fraction of sp³-hybridized carbons (Fsp3) is 0.400. The first-order valence-electron chi connectivity index (χ1n) is 4.50. The van der Waals surface area contributed by atoms with E-state index >= 15 is 0 Å². The van der Waals surface area contributed by atoms with Crippen LogP contribution in [0.2, 0.25) is 0 Å². The molecule has 1 aromatic rings. The first kappa shape index (κ1) is 12.0. The maximum Gasteiger partial charge on any atom is 0.257 e. The molecule has 0 aromatic carbocycles. The average Bonchev–Trinajstić information content (AvgIpc) is 2.28. The topological polar surface area (TPSA) is 42.4 Å². The Morgan fingerprint density at radius 1 is 1.67 bits per heavy atom. The Labute approximate surface area is 97.4 Å². The molecule has 1 rings (SSSR count). The minimum absolute atomic E-state index is 0.0614. The maximum absolute atomic E-state index is 11.9. The van der Waals surface area contributed by atoms with E-state index in [2.05, 4.69) is 20.9 Å². The van der Waals surface area contributed by atoms with Crippen molar-refractivity contribution in [2.45, 2.75) is 0 Å². The number of rotatable bonds is 4. The highest BCUT2D eigenvalue weighted by atomic mass is 79.9. The van der Waals surface area contributed by atoms with Crippen molar-refractivity contribution in [1.29, 1.82) is 0 Å². The zero-order chi connectivity index (χ0) is 11.3. The van der Waals surface area contributed by atoms with E-state index in [1.807, 2.05) is 0 Å². The van der Waals surface area contributed by atoms with Gasteiger partial charge in [0.15, 0.2) is 0 Å². The number of aromatic nitrogens is 1. The quantitative estimate of drug-likeness (QED) is 0.782. The summed E-state index contributed by atoms with van der Waals surface area (Å²) in [5.41, 5.74) is 0.538. The number of carbonyl (C=O) groups excluding carboxylic acids is 1. The first-order valence-corrected chi connectivity index (χ1v) is 5.62. The summed E-state index contributed by atoms with van der Waals surface area (Å²) >= 11 is 3.29. The van der Waals surface area contributed by atoms with Crippen LogP contribution in [-0.4, -0.2) is 41.8 Å². The molecular formula is C10H13BrN2O2. The normalized spacial score (nSPS) is 9.80. The molecule has 0 aliphatic rings. The number of pyridine rings is 1. The molecule has 1 amide bonds. The van der Waals surface area contributed by atoms with Crippen molar-refractivity contribution in [1.82, 2.24) is 9.88 Å². The number of carbonyl (C=O) groups is 1. The van der Waals surface area contributed by atoms with Crippen LogP contribution in [0.25, 0.3) is 0 Å². The van der Waals surface area contributed by atoms with Crippen LogP contribution in [0, 0.1) is 0 Å². The van der Waals surface area contributed by atoms with Crippen molar-refractivity contribution in [2.24, 2.45) is 0 Å². The Balaban J connectivity index is 2.90. The summed E-state index contributed by atoms with van der Waals surface area (Å²) in [5.74, 6) is 0.442. The highest BCUT2D eigenvalue weighted by Crippen LogP contribution is 2.17. The Morgan fingerprint density at radius 3 is 3.00 bits per heavy atom. The van der Waals surface area contributed by atoms with E-state index in [9.17, 15) is 4.79 Å². The summed E-state index contributed by atoms with van der Waals surface area (Å²) in [7, 11) is 3.28. The number of methoxy groups -OCH3 is 1. The lowest BCUT2D eigenvalue weighted by atomic mass is 10.2. The predicted molar refractivity (Wildman–Crippen MR) is 61.5 cm³/mol. The third-order valence-corrected chi connectivity index (χ3v) is 2.36. The van der Waals surface area contributed by atoms with Crippen LogP contribution in [0.4, 0.5) is 0 Å². The average molecular weight is 273 g/mol. The minimum Gasteiger partial charge on any atom is -0.494 e.